The SMILES string of the molecule is CC1CCN(CCC(N)(C#N)c2ccccc2)CC1. The van der Waals surface area contributed by atoms with E-state index < -0.39 is 5.54 Å². The molecule has 1 aromatic rings. The molecule has 102 valence electrons. The monoisotopic (exact) mass is 257 g/mol. The molecule has 2 N–H and O–H groups in total. The Bertz CT molecular complexity index is 429. The number of nitriles is 1. The molecule has 0 radical (unpaired) electrons. The van der Waals surface area contributed by atoms with Crippen LogP contribution in [0.2, 0.25) is 0 Å². The number of nitrogens with zero attached hydrogens (tertiary/aromatic N) is 2. The number of hydrogen-bond donors (Lipinski definition) is 1. The van der Waals surface area contributed by atoms with E-state index in [-0.39, 0.29) is 0 Å². The molecule has 1 fully saturated rings. The lowest BCUT2D eigenvalue weighted by Gasteiger charge is -2.32. The molecule has 0 aromatic heterocycles. The van der Waals surface area contributed by atoms with Gasteiger partial charge < -0.3 is 10.6 Å². The standard InChI is InChI=1S/C16H23N3/c1-14-7-10-19(11-8-14)12-9-16(18,13-17)15-5-3-2-4-6-15/h2-6,14H,7-12,18H2,1H3. The van der Waals surface area contributed by atoms with E-state index in [1.54, 1.807) is 0 Å². The van der Waals surface area contributed by atoms with E-state index >= 15 is 0 Å². The highest BCUT2D eigenvalue weighted by molar-refractivity contribution is 5.30. The lowest BCUT2D eigenvalue weighted by molar-refractivity contribution is 0.182. The maximum atomic E-state index is 9.42. The predicted octanol–water partition coefficient (Wildman–Crippen LogP) is 2.49. The minimum Gasteiger partial charge on any atom is -0.310 e. The third-order valence-electron chi connectivity index (χ3n) is 4.19. The van der Waals surface area contributed by atoms with Gasteiger partial charge in [0.25, 0.3) is 0 Å². The normalized spacial score (nSPS) is 20.7. The zero-order chi connectivity index (χ0) is 13.7. The van der Waals surface area contributed by atoms with E-state index in [0.29, 0.717) is 6.42 Å². The fourth-order valence-corrected chi connectivity index (χ4v) is 2.62. The van der Waals surface area contributed by atoms with Crippen LogP contribution in [0.5, 0.6) is 0 Å². The van der Waals surface area contributed by atoms with E-state index in [2.05, 4.69) is 17.9 Å². The molecule has 1 aromatic carbocycles. The van der Waals surface area contributed by atoms with E-state index in [4.69, 9.17) is 5.73 Å². The van der Waals surface area contributed by atoms with Gasteiger partial charge in [-0.05, 0) is 43.8 Å². The van der Waals surface area contributed by atoms with Gasteiger partial charge in [0.1, 0.15) is 5.54 Å². The van der Waals surface area contributed by atoms with Crippen molar-refractivity contribution in [2.24, 2.45) is 11.7 Å². The zero-order valence-electron chi connectivity index (χ0n) is 11.7. The maximum Gasteiger partial charge on any atom is 0.131 e. The predicted molar refractivity (Wildman–Crippen MR) is 77.4 cm³/mol. The van der Waals surface area contributed by atoms with Gasteiger partial charge in [-0.2, -0.15) is 5.26 Å². The molecule has 1 atom stereocenters. The largest absolute Gasteiger partial charge is 0.310 e. The van der Waals surface area contributed by atoms with Gasteiger partial charge in [0.15, 0.2) is 0 Å². The van der Waals surface area contributed by atoms with Crippen molar-refractivity contribution >= 4 is 0 Å². The third-order valence-corrected chi connectivity index (χ3v) is 4.19. The first-order valence-electron chi connectivity index (χ1n) is 7.12. The number of rotatable bonds is 4. The van der Waals surface area contributed by atoms with Gasteiger partial charge in [-0.15, -0.1) is 0 Å². The van der Waals surface area contributed by atoms with Gasteiger partial charge in [0, 0.05) is 6.54 Å². The van der Waals surface area contributed by atoms with Gasteiger partial charge in [-0.25, -0.2) is 0 Å². The quantitative estimate of drug-likeness (QED) is 0.901. The summed E-state index contributed by atoms with van der Waals surface area (Å²) in [6.07, 6.45) is 3.22. The van der Waals surface area contributed by atoms with E-state index in [0.717, 1.165) is 31.1 Å². The second-order valence-electron chi connectivity index (χ2n) is 5.72. The van der Waals surface area contributed by atoms with Crippen LogP contribution in [0.25, 0.3) is 0 Å². The van der Waals surface area contributed by atoms with E-state index in [9.17, 15) is 5.26 Å². The average molecular weight is 257 g/mol. The lowest BCUT2D eigenvalue weighted by Crippen LogP contribution is -2.41. The third kappa shape index (κ3) is 3.56. The molecule has 1 heterocycles. The Hall–Kier alpha value is -1.37. The van der Waals surface area contributed by atoms with Crippen LogP contribution in [-0.4, -0.2) is 24.5 Å². The first kappa shape index (κ1) is 14.0. The van der Waals surface area contributed by atoms with Crippen LogP contribution in [0.4, 0.5) is 0 Å². The molecule has 1 saturated heterocycles. The topological polar surface area (TPSA) is 53.0 Å². The highest BCUT2D eigenvalue weighted by Gasteiger charge is 2.28. The van der Waals surface area contributed by atoms with Gasteiger partial charge in [0.2, 0.25) is 0 Å². The molecule has 3 heteroatoms. The number of hydrogen-bond acceptors (Lipinski definition) is 3. The Morgan fingerprint density at radius 1 is 1.32 bits per heavy atom. The Balaban J connectivity index is 1.95. The number of nitrogens with two attached hydrogens (primary N) is 1. The number of benzene rings is 1. The van der Waals surface area contributed by atoms with Crippen LogP contribution in [0.15, 0.2) is 30.3 Å². The highest BCUT2D eigenvalue weighted by atomic mass is 15.1. The molecule has 0 saturated carbocycles. The Morgan fingerprint density at radius 3 is 2.53 bits per heavy atom. The van der Waals surface area contributed by atoms with Crippen molar-refractivity contribution < 1.29 is 0 Å². The summed E-state index contributed by atoms with van der Waals surface area (Å²) in [4.78, 5) is 2.43. The molecule has 0 aliphatic carbocycles. The molecule has 0 bridgehead atoms. The summed E-state index contributed by atoms with van der Waals surface area (Å²) < 4.78 is 0. The molecule has 3 nitrogen and oxygen atoms in total. The van der Waals surface area contributed by atoms with Crippen molar-refractivity contribution in [2.75, 3.05) is 19.6 Å². The summed E-state index contributed by atoms with van der Waals surface area (Å²) in [7, 11) is 0. The fraction of sp³-hybridized carbons (Fsp3) is 0.562. The van der Waals surface area contributed by atoms with Crippen LogP contribution in [0, 0.1) is 17.2 Å². The second kappa shape index (κ2) is 6.18. The smallest absolute Gasteiger partial charge is 0.131 e. The summed E-state index contributed by atoms with van der Waals surface area (Å²) in [6.45, 7) is 5.49. The Labute approximate surface area is 116 Å². The first-order valence-corrected chi connectivity index (χ1v) is 7.12. The highest BCUT2D eigenvalue weighted by Crippen LogP contribution is 2.23. The summed E-state index contributed by atoms with van der Waals surface area (Å²) in [5, 5.41) is 9.42. The van der Waals surface area contributed by atoms with Crippen molar-refractivity contribution in [2.45, 2.75) is 31.7 Å². The van der Waals surface area contributed by atoms with E-state index in [1.165, 1.54) is 12.8 Å². The van der Waals surface area contributed by atoms with Crippen molar-refractivity contribution in [3.05, 3.63) is 35.9 Å². The summed E-state index contributed by atoms with van der Waals surface area (Å²) in [5.74, 6) is 0.837. The molecule has 2 rings (SSSR count). The average Bonchev–Trinajstić information content (AvgIpc) is 2.47. The van der Waals surface area contributed by atoms with Crippen LogP contribution in [-0.2, 0) is 5.54 Å². The van der Waals surface area contributed by atoms with Crippen molar-refractivity contribution in [3.8, 4) is 6.07 Å². The van der Waals surface area contributed by atoms with Crippen molar-refractivity contribution in [1.82, 2.24) is 4.90 Å². The summed E-state index contributed by atoms with van der Waals surface area (Å²) in [5.41, 5.74) is 6.34. The van der Waals surface area contributed by atoms with Crippen LogP contribution >= 0.6 is 0 Å². The number of piperidine rings is 1. The van der Waals surface area contributed by atoms with Crippen LogP contribution < -0.4 is 5.73 Å². The lowest BCUT2D eigenvalue weighted by atomic mass is 9.88. The number of likely N-dealkylation sites (tertiary alicyclic amines) is 1. The second-order valence-corrected chi connectivity index (χ2v) is 5.72. The molecular formula is C16H23N3. The molecular weight excluding hydrogens is 234 g/mol. The minimum atomic E-state index is -0.857. The molecule has 0 spiro atoms. The molecule has 1 aliphatic heterocycles. The van der Waals surface area contributed by atoms with Crippen molar-refractivity contribution in [1.29, 1.82) is 5.26 Å². The van der Waals surface area contributed by atoms with Gasteiger partial charge in [-0.1, -0.05) is 37.3 Å². The van der Waals surface area contributed by atoms with Gasteiger partial charge in [0.05, 0.1) is 6.07 Å². The summed E-state index contributed by atoms with van der Waals surface area (Å²) in [6, 6.07) is 12.0. The molecule has 19 heavy (non-hydrogen) atoms. The Kier molecular flexibility index (Phi) is 4.57. The molecule has 1 aliphatic rings. The van der Waals surface area contributed by atoms with Crippen LogP contribution in [0.1, 0.15) is 31.7 Å². The maximum absolute atomic E-state index is 9.42. The Morgan fingerprint density at radius 2 is 1.95 bits per heavy atom. The summed E-state index contributed by atoms with van der Waals surface area (Å²) >= 11 is 0. The van der Waals surface area contributed by atoms with E-state index in [1.807, 2.05) is 30.3 Å². The molecule has 0 amide bonds. The van der Waals surface area contributed by atoms with Crippen molar-refractivity contribution in [3.63, 3.8) is 0 Å². The van der Waals surface area contributed by atoms with Gasteiger partial charge >= 0.3 is 0 Å². The van der Waals surface area contributed by atoms with Gasteiger partial charge in [-0.3, -0.25) is 0 Å². The first-order chi connectivity index (χ1) is 9.14. The van der Waals surface area contributed by atoms with Crippen LogP contribution in [0.3, 0.4) is 0 Å². The fourth-order valence-electron chi connectivity index (χ4n) is 2.62. The zero-order valence-corrected chi connectivity index (χ0v) is 11.7. The minimum absolute atomic E-state index is 0.696. The molecule has 1 unspecified atom stereocenters.